The van der Waals surface area contributed by atoms with Gasteiger partial charge in [-0.2, -0.15) is 0 Å². The maximum atomic E-state index is 11.8. The van der Waals surface area contributed by atoms with Crippen LogP contribution in [-0.4, -0.2) is 36.8 Å². The highest BCUT2D eigenvalue weighted by Crippen LogP contribution is 2.34. The molecule has 0 bridgehead atoms. The van der Waals surface area contributed by atoms with Crippen molar-refractivity contribution < 1.29 is 24.2 Å². The number of ether oxygens (including phenoxy) is 2. The first kappa shape index (κ1) is 19.2. The molecule has 2 aliphatic rings. The SMILES string of the molecule is O=C(NCCC1=CCCCC1)C(=O)NCC[C@@H](O)c1ccc2c(c1)OCO2. The third-order valence-corrected chi connectivity index (χ3v) is 4.81. The van der Waals surface area contributed by atoms with Crippen LogP contribution < -0.4 is 20.1 Å². The number of benzene rings is 1. The van der Waals surface area contributed by atoms with Gasteiger partial charge in [0.05, 0.1) is 6.10 Å². The number of amides is 2. The summed E-state index contributed by atoms with van der Waals surface area (Å²) in [5.74, 6) is -0.0579. The molecule has 0 radical (unpaired) electrons. The minimum Gasteiger partial charge on any atom is -0.454 e. The van der Waals surface area contributed by atoms with Crippen molar-refractivity contribution in [1.82, 2.24) is 10.6 Å². The fourth-order valence-corrected chi connectivity index (χ4v) is 3.24. The maximum Gasteiger partial charge on any atom is 0.309 e. The smallest absolute Gasteiger partial charge is 0.309 e. The summed E-state index contributed by atoms with van der Waals surface area (Å²) in [6.45, 7) is 0.849. The molecule has 2 amide bonds. The summed E-state index contributed by atoms with van der Waals surface area (Å²) in [4.78, 5) is 23.7. The molecular weight excluding hydrogens is 348 g/mol. The molecule has 1 heterocycles. The Kier molecular flexibility index (Phi) is 6.70. The van der Waals surface area contributed by atoms with Crippen LogP contribution in [0.3, 0.4) is 0 Å². The lowest BCUT2D eigenvalue weighted by Crippen LogP contribution is -2.40. The van der Waals surface area contributed by atoms with Crippen molar-refractivity contribution in [3.05, 3.63) is 35.4 Å². The molecule has 7 heteroatoms. The van der Waals surface area contributed by atoms with E-state index in [0.717, 1.165) is 19.3 Å². The number of carbonyl (C=O) groups is 2. The Morgan fingerprint density at radius 3 is 2.63 bits per heavy atom. The molecule has 7 nitrogen and oxygen atoms in total. The molecule has 0 saturated heterocycles. The summed E-state index contributed by atoms with van der Waals surface area (Å²) < 4.78 is 10.5. The zero-order valence-corrected chi connectivity index (χ0v) is 15.3. The van der Waals surface area contributed by atoms with Crippen molar-refractivity contribution in [3.63, 3.8) is 0 Å². The van der Waals surface area contributed by atoms with Gasteiger partial charge in [-0.15, -0.1) is 0 Å². The zero-order chi connectivity index (χ0) is 19.1. The third-order valence-electron chi connectivity index (χ3n) is 4.81. The molecular formula is C20H26N2O5. The molecule has 0 spiro atoms. The summed E-state index contributed by atoms with van der Waals surface area (Å²) in [5, 5.41) is 15.4. The van der Waals surface area contributed by atoms with Crippen molar-refractivity contribution in [2.45, 2.75) is 44.6 Å². The van der Waals surface area contributed by atoms with Crippen LogP contribution in [0.25, 0.3) is 0 Å². The van der Waals surface area contributed by atoms with Gasteiger partial charge in [0.15, 0.2) is 11.5 Å². The molecule has 1 aromatic carbocycles. The van der Waals surface area contributed by atoms with Gasteiger partial charge in [-0.25, -0.2) is 0 Å². The zero-order valence-electron chi connectivity index (χ0n) is 15.3. The van der Waals surface area contributed by atoms with E-state index in [1.165, 1.54) is 18.4 Å². The summed E-state index contributed by atoms with van der Waals surface area (Å²) in [6.07, 6.45) is 7.18. The number of nitrogens with one attached hydrogen (secondary N) is 2. The van der Waals surface area contributed by atoms with Gasteiger partial charge in [0.2, 0.25) is 6.79 Å². The highest BCUT2D eigenvalue weighted by atomic mass is 16.7. The number of rotatable bonds is 7. The van der Waals surface area contributed by atoms with Crippen molar-refractivity contribution >= 4 is 11.8 Å². The molecule has 0 unspecified atom stereocenters. The Balaban J connectivity index is 1.34. The van der Waals surface area contributed by atoms with E-state index >= 15 is 0 Å². The number of aliphatic hydroxyl groups is 1. The van der Waals surface area contributed by atoms with Gasteiger partial charge in [0.25, 0.3) is 0 Å². The number of hydrogen-bond acceptors (Lipinski definition) is 5. The third kappa shape index (κ3) is 5.47. The van der Waals surface area contributed by atoms with Gasteiger partial charge in [-0.3, -0.25) is 9.59 Å². The van der Waals surface area contributed by atoms with E-state index in [-0.39, 0.29) is 13.3 Å². The molecule has 1 aliphatic carbocycles. The maximum absolute atomic E-state index is 11.8. The van der Waals surface area contributed by atoms with E-state index < -0.39 is 17.9 Å². The Labute approximate surface area is 158 Å². The first-order valence-corrected chi connectivity index (χ1v) is 9.45. The second kappa shape index (κ2) is 9.41. The van der Waals surface area contributed by atoms with Crippen molar-refractivity contribution in [3.8, 4) is 11.5 Å². The molecule has 1 aromatic rings. The Bertz CT molecular complexity index is 716. The van der Waals surface area contributed by atoms with Crippen LogP contribution in [0.1, 0.15) is 50.2 Å². The van der Waals surface area contributed by atoms with Crippen LogP contribution in [0.5, 0.6) is 11.5 Å². The van der Waals surface area contributed by atoms with Gasteiger partial charge in [-0.05, 0) is 56.2 Å². The number of fused-ring (bicyclic) bond motifs is 1. The van der Waals surface area contributed by atoms with Gasteiger partial charge in [-0.1, -0.05) is 17.7 Å². The lowest BCUT2D eigenvalue weighted by molar-refractivity contribution is -0.139. The van der Waals surface area contributed by atoms with Crippen molar-refractivity contribution in [2.75, 3.05) is 19.9 Å². The Morgan fingerprint density at radius 2 is 1.85 bits per heavy atom. The molecule has 0 fully saturated rings. The van der Waals surface area contributed by atoms with E-state index in [0.29, 0.717) is 30.0 Å². The molecule has 1 aliphatic heterocycles. The summed E-state index contributed by atoms with van der Waals surface area (Å²) in [5.41, 5.74) is 2.03. The number of carbonyl (C=O) groups excluding carboxylic acids is 2. The highest BCUT2D eigenvalue weighted by Gasteiger charge is 2.18. The number of aliphatic hydroxyl groups excluding tert-OH is 1. The molecule has 146 valence electrons. The van der Waals surface area contributed by atoms with Crippen molar-refractivity contribution in [2.24, 2.45) is 0 Å². The second-order valence-electron chi connectivity index (χ2n) is 6.79. The van der Waals surface area contributed by atoms with Gasteiger partial charge < -0.3 is 25.2 Å². The summed E-state index contributed by atoms with van der Waals surface area (Å²) in [7, 11) is 0. The van der Waals surface area contributed by atoms with E-state index in [9.17, 15) is 14.7 Å². The van der Waals surface area contributed by atoms with E-state index in [1.54, 1.807) is 18.2 Å². The quantitative estimate of drug-likeness (QED) is 0.501. The average Bonchev–Trinajstić information content (AvgIpc) is 3.16. The minimum atomic E-state index is -0.763. The molecule has 3 N–H and O–H groups in total. The fraction of sp³-hybridized carbons (Fsp3) is 0.500. The molecule has 3 rings (SSSR count). The molecule has 0 saturated carbocycles. The standard InChI is InChI=1S/C20H26N2O5/c23-16(15-6-7-17-18(12-15)27-13-26-17)9-11-22-20(25)19(24)21-10-8-14-4-2-1-3-5-14/h4,6-7,12,16,23H,1-3,5,8-11,13H2,(H,21,24)(H,22,25)/t16-/m1/s1. The lowest BCUT2D eigenvalue weighted by atomic mass is 9.97. The lowest BCUT2D eigenvalue weighted by Gasteiger charge is -2.13. The van der Waals surface area contributed by atoms with E-state index in [4.69, 9.17) is 9.47 Å². The second-order valence-corrected chi connectivity index (χ2v) is 6.79. The van der Waals surface area contributed by atoms with Gasteiger partial charge in [0.1, 0.15) is 0 Å². The number of hydrogen-bond donors (Lipinski definition) is 3. The molecule has 1 atom stereocenters. The Morgan fingerprint density at radius 1 is 1.07 bits per heavy atom. The summed E-state index contributed by atoms with van der Waals surface area (Å²) in [6, 6.07) is 5.23. The van der Waals surface area contributed by atoms with E-state index in [2.05, 4.69) is 16.7 Å². The largest absolute Gasteiger partial charge is 0.454 e. The van der Waals surface area contributed by atoms with Gasteiger partial charge in [0, 0.05) is 13.1 Å². The monoisotopic (exact) mass is 374 g/mol. The first-order valence-electron chi connectivity index (χ1n) is 9.45. The van der Waals surface area contributed by atoms with Crippen LogP contribution in [0, 0.1) is 0 Å². The van der Waals surface area contributed by atoms with Crippen LogP contribution >= 0.6 is 0 Å². The fourth-order valence-electron chi connectivity index (χ4n) is 3.24. The highest BCUT2D eigenvalue weighted by molar-refractivity contribution is 6.35. The topological polar surface area (TPSA) is 96.9 Å². The van der Waals surface area contributed by atoms with Gasteiger partial charge >= 0.3 is 11.8 Å². The molecule has 0 aromatic heterocycles. The molecule has 27 heavy (non-hydrogen) atoms. The van der Waals surface area contributed by atoms with Crippen molar-refractivity contribution in [1.29, 1.82) is 0 Å². The van der Waals surface area contributed by atoms with Crippen LogP contribution in [0.2, 0.25) is 0 Å². The van der Waals surface area contributed by atoms with Crippen LogP contribution in [0.4, 0.5) is 0 Å². The van der Waals surface area contributed by atoms with E-state index in [1.807, 2.05) is 0 Å². The Hall–Kier alpha value is -2.54. The predicted molar refractivity (Wildman–Crippen MR) is 99.3 cm³/mol. The minimum absolute atomic E-state index is 0.178. The van der Waals surface area contributed by atoms with Crippen LogP contribution in [0.15, 0.2) is 29.8 Å². The average molecular weight is 374 g/mol. The number of allylic oxidation sites excluding steroid dienone is 1. The van der Waals surface area contributed by atoms with Crippen LogP contribution in [-0.2, 0) is 9.59 Å². The first-order chi connectivity index (χ1) is 13.1. The predicted octanol–water partition coefficient (Wildman–Crippen LogP) is 1.96. The normalized spacial score (nSPS) is 16.4. The summed E-state index contributed by atoms with van der Waals surface area (Å²) >= 11 is 0.